The minimum atomic E-state index is -1.14. The molecule has 0 aliphatic rings. The first-order valence-corrected chi connectivity index (χ1v) is 4.24. The van der Waals surface area contributed by atoms with Crippen molar-refractivity contribution in [3.8, 4) is 0 Å². The summed E-state index contributed by atoms with van der Waals surface area (Å²) in [6.45, 7) is 3.72. The monoisotopic (exact) mass is 216 g/mol. The molecular formula is C2H8CeOSi. The topological polar surface area (TPSA) is 20.2 Å². The Morgan fingerprint density at radius 2 is 1.40 bits per heavy atom. The van der Waals surface area contributed by atoms with E-state index in [-0.39, 0.29) is 41.7 Å². The minimum Gasteiger partial charge on any atom is -0.435 e. The van der Waals surface area contributed by atoms with Crippen LogP contribution in [-0.2, 0) is 0 Å². The van der Waals surface area contributed by atoms with E-state index in [1.807, 2.05) is 13.1 Å². The molecule has 1 N–H and O–H groups in total. The van der Waals surface area contributed by atoms with Crippen molar-refractivity contribution in [1.29, 1.82) is 0 Å². The van der Waals surface area contributed by atoms with E-state index in [1.165, 1.54) is 0 Å². The zero-order chi connectivity index (χ0) is 3.58. The maximum absolute atomic E-state index is 8.19. The summed E-state index contributed by atoms with van der Waals surface area (Å²) in [7, 11) is -1.14. The van der Waals surface area contributed by atoms with Gasteiger partial charge in [0.05, 0.1) is 0 Å². The smallest absolute Gasteiger partial charge is 0.166 e. The van der Waals surface area contributed by atoms with Crippen LogP contribution in [0.3, 0.4) is 0 Å². The van der Waals surface area contributed by atoms with Gasteiger partial charge in [0.25, 0.3) is 0 Å². The van der Waals surface area contributed by atoms with Crippen LogP contribution in [0.2, 0.25) is 13.1 Å². The van der Waals surface area contributed by atoms with Gasteiger partial charge in [0.15, 0.2) is 9.04 Å². The van der Waals surface area contributed by atoms with Crippen molar-refractivity contribution in [2.75, 3.05) is 0 Å². The van der Waals surface area contributed by atoms with Crippen LogP contribution in [0.25, 0.3) is 0 Å². The van der Waals surface area contributed by atoms with Gasteiger partial charge >= 0.3 is 0 Å². The predicted molar refractivity (Wildman–Crippen MR) is 21.1 cm³/mol. The standard InChI is InChI=1S/C2H8OSi.Ce/c1-4(2)3;/h3-4H,1-2H3;. The maximum Gasteiger partial charge on any atom is 0.166 e. The van der Waals surface area contributed by atoms with E-state index < -0.39 is 9.04 Å². The molecule has 0 aromatic rings. The zero-order valence-electron chi connectivity index (χ0n) is 3.52. The van der Waals surface area contributed by atoms with Crippen molar-refractivity contribution in [3.05, 3.63) is 0 Å². The first-order valence-electron chi connectivity index (χ1n) is 1.41. The van der Waals surface area contributed by atoms with Crippen LogP contribution in [0.4, 0.5) is 0 Å². The molecule has 0 unspecified atom stereocenters. The Kier molecular flexibility index (Phi) is 10.8. The molecule has 1 nitrogen and oxygen atoms in total. The Morgan fingerprint density at radius 3 is 1.40 bits per heavy atom. The van der Waals surface area contributed by atoms with E-state index in [4.69, 9.17) is 4.80 Å². The molecule has 0 aliphatic carbocycles. The number of hydrogen-bond donors (Lipinski definition) is 1. The van der Waals surface area contributed by atoms with E-state index in [2.05, 4.69) is 0 Å². The van der Waals surface area contributed by atoms with Crippen molar-refractivity contribution in [3.63, 3.8) is 0 Å². The molecule has 0 amide bonds. The largest absolute Gasteiger partial charge is 0.435 e. The van der Waals surface area contributed by atoms with Crippen LogP contribution in [0.1, 0.15) is 0 Å². The number of rotatable bonds is 0. The third kappa shape index (κ3) is 29.1. The summed E-state index contributed by atoms with van der Waals surface area (Å²) in [6, 6.07) is 0. The van der Waals surface area contributed by atoms with E-state index >= 15 is 0 Å². The Labute approximate surface area is 67.9 Å². The summed E-state index contributed by atoms with van der Waals surface area (Å²) in [4.78, 5) is 8.19. The average molecular weight is 216 g/mol. The van der Waals surface area contributed by atoms with Crippen molar-refractivity contribution >= 4 is 9.04 Å². The fraction of sp³-hybridized carbons (Fsp3) is 1.00. The molecule has 0 saturated heterocycles. The average Bonchev–Trinajstić information content (AvgIpc) is 0.811. The molecule has 0 rings (SSSR count). The first kappa shape index (κ1) is 9.75. The Morgan fingerprint density at radius 1 is 1.40 bits per heavy atom. The van der Waals surface area contributed by atoms with Crippen LogP contribution in [0.15, 0.2) is 0 Å². The van der Waals surface area contributed by atoms with Gasteiger partial charge in [-0.15, -0.1) is 0 Å². The van der Waals surface area contributed by atoms with Crippen molar-refractivity contribution in [2.24, 2.45) is 0 Å². The van der Waals surface area contributed by atoms with Gasteiger partial charge in [-0.1, -0.05) is 0 Å². The van der Waals surface area contributed by atoms with E-state index in [0.717, 1.165) is 0 Å². The summed E-state index contributed by atoms with van der Waals surface area (Å²) in [5, 5.41) is 0. The summed E-state index contributed by atoms with van der Waals surface area (Å²) in [5.74, 6) is 0. The molecule has 3 heteroatoms. The van der Waals surface area contributed by atoms with E-state index in [1.54, 1.807) is 0 Å². The quantitative estimate of drug-likeness (QED) is 0.563. The van der Waals surface area contributed by atoms with E-state index in [0.29, 0.717) is 0 Å². The second-order valence-electron chi connectivity index (χ2n) is 1.09. The molecule has 0 bridgehead atoms. The molecule has 0 atom stereocenters. The van der Waals surface area contributed by atoms with Crippen LogP contribution < -0.4 is 0 Å². The van der Waals surface area contributed by atoms with Gasteiger partial charge in [-0.25, -0.2) is 0 Å². The minimum absolute atomic E-state index is 0. The van der Waals surface area contributed by atoms with E-state index in [9.17, 15) is 0 Å². The Bertz CT molecular complexity index is 14.4. The SMILES string of the molecule is C[SiH](C)O.[Ce]. The van der Waals surface area contributed by atoms with Gasteiger partial charge in [-0.2, -0.15) is 0 Å². The first-order chi connectivity index (χ1) is 1.73. The molecule has 0 fully saturated rings. The van der Waals surface area contributed by atoms with Gasteiger partial charge in [-0.3, -0.25) is 0 Å². The summed E-state index contributed by atoms with van der Waals surface area (Å²) < 4.78 is 0. The van der Waals surface area contributed by atoms with Gasteiger partial charge < -0.3 is 4.80 Å². The zero-order valence-corrected chi connectivity index (χ0v) is 7.82. The maximum atomic E-state index is 8.19. The van der Waals surface area contributed by atoms with Crippen molar-refractivity contribution < 1.29 is 46.5 Å². The molecule has 30 valence electrons. The summed E-state index contributed by atoms with van der Waals surface area (Å²) in [5.41, 5.74) is 0. The number of hydrogen-bond acceptors (Lipinski definition) is 1. The third-order valence-electron chi connectivity index (χ3n) is 0. The predicted octanol–water partition coefficient (Wildman–Crippen LogP) is -0.0379. The molecule has 0 aromatic heterocycles. The molecular weight excluding hydrogens is 208 g/mol. The molecule has 0 spiro atoms. The molecule has 0 aliphatic heterocycles. The molecule has 0 heterocycles. The van der Waals surface area contributed by atoms with Crippen LogP contribution in [-0.4, -0.2) is 13.8 Å². The van der Waals surface area contributed by atoms with Gasteiger partial charge in [0, 0.05) is 41.7 Å². The Balaban J connectivity index is 0. The third-order valence-corrected chi connectivity index (χ3v) is 0. The second-order valence-corrected chi connectivity index (χ2v) is 3.28. The van der Waals surface area contributed by atoms with Crippen molar-refractivity contribution in [1.82, 2.24) is 0 Å². The van der Waals surface area contributed by atoms with Crippen LogP contribution in [0.5, 0.6) is 0 Å². The molecule has 5 heavy (non-hydrogen) atoms. The fourth-order valence-corrected chi connectivity index (χ4v) is 0. The van der Waals surface area contributed by atoms with Gasteiger partial charge in [0.2, 0.25) is 0 Å². The Hall–Kier alpha value is 1.55. The summed E-state index contributed by atoms with van der Waals surface area (Å²) >= 11 is 0. The van der Waals surface area contributed by atoms with Crippen molar-refractivity contribution in [2.45, 2.75) is 13.1 Å². The fourth-order valence-electron chi connectivity index (χ4n) is 0. The molecule has 0 saturated carbocycles. The van der Waals surface area contributed by atoms with Crippen LogP contribution in [0, 0.1) is 41.7 Å². The van der Waals surface area contributed by atoms with Gasteiger partial charge in [0.1, 0.15) is 0 Å². The second kappa shape index (κ2) is 5.55. The van der Waals surface area contributed by atoms with Gasteiger partial charge in [-0.05, 0) is 13.1 Å². The van der Waals surface area contributed by atoms with Crippen LogP contribution >= 0.6 is 0 Å². The molecule has 0 aromatic carbocycles. The normalized spacial score (nSPS) is 7.20. The summed E-state index contributed by atoms with van der Waals surface area (Å²) in [6.07, 6.45) is 0. The molecule has 0 radical (unpaired) electrons.